The van der Waals surface area contributed by atoms with Crippen LogP contribution in [0.2, 0.25) is 30.8 Å². The first-order valence-electron chi connectivity index (χ1n) is 8.10. The van der Waals surface area contributed by atoms with Gasteiger partial charge in [0.15, 0.2) is 5.15 Å². The first kappa shape index (κ1) is 19.1. The summed E-state index contributed by atoms with van der Waals surface area (Å²) in [6.45, 7) is 10.5. The van der Waals surface area contributed by atoms with E-state index in [4.69, 9.17) is 16.3 Å². The van der Waals surface area contributed by atoms with Crippen LogP contribution >= 0.6 is 34.2 Å². The maximum atomic E-state index is 6.42. The first-order valence-corrected chi connectivity index (χ1v) is 13.3. The summed E-state index contributed by atoms with van der Waals surface area (Å²) in [7, 11) is -1.06. The standard InChI is InChI=1S/C16H25ClIN3OSi/c1-5-6-7-13-19-14-12(18)10-21(15(14)16(17)20-13)11-22-8-9-23(2,3)4/h10H,5-9,11H2,1-4H3. The average molecular weight is 466 g/mol. The number of aromatic nitrogens is 3. The zero-order valence-corrected chi connectivity index (χ0v) is 18.2. The summed E-state index contributed by atoms with van der Waals surface area (Å²) in [6, 6.07) is 1.16. The molecule has 7 heteroatoms. The van der Waals surface area contributed by atoms with E-state index in [2.05, 4.69) is 59.1 Å². The third-order valence-corrected chi connectivity index (χ3v) is 6.41. The fourth-order valence-electron chi connectivity index (χ4n) is 2.24. The minimum atomic E-state index is -1.06. The Kier molecular flexibility index (Phi) is 6.88. The van der Waals surface area contributed by atoms with E-state index in [1.165, 1.54) is 0 Å². The lowest BCUT2D eigenvalue weighted by atomic mass is 10.2. The highest BCUT2D eigenvalue weighted by Gasteiger charge is 2.16. The van der Waals surface area contributed by atoms with Gasteiger partial charge < -0.3 is 9.30 Å². The van der Waals surface area contributed by atoms with E-state index in [-0.39, 0.29) is 0 Å². The lowest BCUT2D eigenvalue weighted by molar-refractivity contribution is 0.0901. The van der Waals surface area contributed by atoms with Gasteiger partial charge in [-0.05, 0) is 35.1 Å². The van der Waals surface area contributed by atoms with Gasteiger partial charge in [0.2, 0.25) is 0 Å². The molecule has 2 rings (SSSR count). The van der Waals surface area contributed by atoms with Crippen molar-refractivity contribution in [2.45, 2.75) is 58.6 Å². The SMILES string of the molecule is CCCCc1nc(Cl)c2c(n1)c(I)cn2COCC[Si](C)(C)C. The van der Waals surface area contributed by atoms with Crippen LogP contribution in [-0.4, -0.2) is 29.2 Å². The van der Waals surface area contributed by atoms with Gasteiger partial charge >= 0.3 is 0 Å². The van der Waals surface area contributed by atoms with E-state index in [1.54, 1.807) is 0 Å². The maximum Gasteiger partial charge on any atom is 0.157 e. The number of hydrogen-bond donors (Lipinski definition) is 0. The predicted octanol–water partition coefficient (Wildman–Crippen LogP) is 5.34. The van der Waals surface area contributed by atoms with Gasteiger partial charge in [-0.15, -0.1) is 0 Å². The predicted molar refractivity (Wildman–Crippen MR) is 108 cm³/mol. The molecule has 0 saturated heterocycles. The highest BCUT2D eigenvalue weighted by molar-refractivity contribution is 14.1. The summed E-state index contributed by atoms with van der Waals surface area (Å²) in [5.41, 5.74) is 1.81. The monoisotopic (exact) mass is 465 g/mol. The van der Waals surface area contributed by atoms with Crippen molar-refractivity contribution in [3.05, 3.63) is 20.7 Å². The van der Waals surface area contributed by atoms with E-state index in [0.29, 0.717) is 11.9 Å². The molecular weight excluding hydrogens is 441 g/mol. The minimum absolute atomic E-state index is 0.501. The van der Waals surface area contributed by atoms with Crippen molar-refractivity contribution in [2.24, 2.45) is 0 Å². The molecule has 0 saturated carbocycles. The lowest BCUT2D eigenvalue weighted by Crippen LogP contribution is -2.22. The second-order valence-electron chi connectivity index (χ2n) is 7.03. The van der Waals surface area contributed by atoms with Gasteiger partial charge in [0.1, 0.15) is 23.6 Å². The zero-order chi connectivity index (χ0) is 17.0. The Hall–Kier alpha value is -0.183. The van der Waals surface area contributed by atoms with Gasteiger partial charge in [0.25, 0.3) is 0 Å². The Morgan fingerprint density at radius 2 is 2.04 bits per heavy atom. The van der Waals surface area contributed by atoms with Crippen molar-refractivity contribution in [3.63, 3.8) is 0 Å². The van der Waals surface area contributed by atoms with Crippen molar-refractivity contribution in [3.8, 4) is 0 Å². The van der Waals surface area contributed by atoms with E-state index in [0.717, 1.165) is 52.3 Å². The number of ether oxygens (including phenoxy) is 1. The van der Waals surface area contributed by atoms with Crippen LogP contribution in [0.5, 0.6) is 0 Å². The summed E-state index contributed by atoms with van der Waals surface area (Å²) in [5.74, 6) is 0.833. The molecule has 128 valence electrons. The normalized spacial score (nSPS) is 12.3. The molecule has 0 atom stereocenters. The molecule has 0 fully saturated rings. The summed E-state index contributed by atoms with van der Waals surface area (Å²) >= 11 is 8.73. The van der Waals surface area contributed by atoms with Gasteiger partial charge in [0, 0.05) is 27.3 Å². The van der Waals surface area contributed by atoms with Crippen LogP contribution in [0.3, 0.4) is 0 Å². The molecule has 0 N–H and O–H groups in total. The van der Waals surface area contributed by atoms with Crippen molar-refractivity contribution < 1.29 is 4.74 Å². The summed E-state index contributed by atoms with van der Waals surface area (Å²) in [5, 5.41) is 0.526. The highest BCUT2D eigenvalue weighted by Crippen LogP contribution is 2.27. The van der Waals surface area contributed by atoms with Crippen LogP contribution in [0, 0.1) is 3.57 Å². The molecule has 0 unspecified atom stereocenters. The van der Waals surface area contributed by atoms with Crippen LogP contribution in [0.25, 0.3) is 11.0 Å². The minimum Gasteiger partial charge on any atom is -0.361 e. The van der Waals surface area contributed by atoms with Gasteiger partial charge in [-0.1, -0.05) is 44.6 Å². The second-order valence-corrected chi connectivity index (χ2v) is 14.2. The third-order valence-electron chi connectivity index (χ3n) is 3.65. The fraction of sp³-hybridized carbons (Fsp3) is 0.625. The largest absolute Gasteiger partial charge is 0.361 e. The third kappa shape index (κ3) is 5.40. The van der Waals surface area contributed by atoms with Gasteiger partial charge in [0.05, 0.1) is 3.57 Å². The molecule has 0 aromatic carbocycles. The van der Waals surface area contributed by atoms with Crippen LogP contribution in [-0.2, 0) is 17.9 Å². The van der Waals surface area contributed by atoms with Crippen molar-refractivity contribution in [1.82, 2.24) is 14.5 Å². The maximum absolute atomic E-state index is 6.42. The molecule has 23 heavy (non-hydrogen) atoms. The van der Waals surface area contributed by atoms with Crippen molar-refractivity contribution in [1.29, 1.82) is 0 Å². The summed E-state index contributed by atoms with van der Waals surface area (Å²) in [4.78, 5) is 9.15. The number of hydrogen-bond acceptors (Lipinski definition) is 3. The van der Waals surface area contributed by atoms with Crippen LogP contribution in [0.1, 0.15) is 25.6 Å². The average Bonchev–Trinajstić information content (AvgIpc) is 2.77. The Bertz CT molecular complexity index is 669. The van der Waals surface area contributed by atoms with Crippen LogP contribution < -0.4 is 0 Å². The second kappa shape index (κ2) is 8.27. The molecule has 0 spiro atoms. The number of nitrogens with zero attached hydrogens (tertiary/aromatic N) is 3. The highest BCUT2D eigenvalue weighted by atomic mass is 127. The van der Waals surface area contributed by atoms with E-state index in [9.17, 15) is 0 Å². The molecule has 4 nitrogen and oxygen atoms in total. The topological polar surface area (TPSA) is 39.9 Å². The van der Waals surface area contributed by atoms with Gasteiger partial charge in [-0.3, -0.25) is 0 Å². The number of fused-ring (bicyclic) bond motifs is 1. The summed E-state index contributed by atoms with van der Waals surface area (Å²) < 4.78 is 8.96. The van der Waals surface area contributed by atoms with Crippen LogP contribution in [0.15, 0.2) is 6.20 Å². The van der Waals surface area contributed by atoms with Crippen LogP contribution in [0.4, 0.5) is 0 Å². The van der Waals surface area contributed by atoms with Crippen molar-refractivity contribution >= 4 is 53.3 Å². The number of halogens is 2. The number of rotatable bonds is 8. The zero-order valence-electron chi connectivity index (χ0n) is 14.3. The molecule has 0 amide bonds. The first-order chi connectivity index (χ1) is 10.8. The molecule has 0 radical (unpaired) electrons. The van der Waals surface area contributed by atoms with Gasteiger partial charge in [-0.25, -0.2) is 9.97 Å². The molecule has 0 aliphatic rings. The number of unbranched alkanes of at least 4 members (excludes halogenated alkanes) is 1. The Labute approximate surface area is 158 Å². The smallest absolute Gasteiger partial charge is 0.157 e. The molecule has 0 bridgehead atoms. The summed E-state index contributed by atoms with van der Waals surface area (Å²) in [6.07, 6.45) is 5.13. The molecule has 2 aromatic rings. The van der Waals surface area contributed by atoms with E-state index < -0.39 is 8.07 Å². The molecule has 0 aliphatic carbocycles. The molecular formula is C16H25ClIN3OSi. The lowest BCUT2D eigenvalue weighted by Gasteiger charge is -2.15. The quantitative estimate of drug-likeness (QED) is 0.228. The van der Waals surface area contributed by atoms with Crippen molar-refractivity contribution in [2.75, 3.05) is 6.61 Å². The Balaban J connectivity index is 2.15. The van der Waals surface area contributed by atoms with Gasteiger partial charge in [-0.2, -0.15) is 0 Å². The van der Waals surface area contributed by atoms with E-state index in [1.807, 2.05) is 10.8 Å². The molecule has 2 aromatic heterocycles. The molecule has 0 aliphatic heterocycles. The number of aryl methyl sites for hydroxylation is 1. The Morgan fingerprint density at radius 1 is 1.30 bits per heavy atom. The van der Waals surface area contributed by atoms with E-state index >= 15 is 0 Å². The fourth-order valence-corrected chi connectivity index (χ4v) is 4.01. The Morgan fingerprint density at radius 3 is 2.70 bits per heavy atom. The molecule has 2 heterocycles.